The monoisotopic (exact) mass is 414 g/mol. The zero-order valence-corrected chi connectivity index (χ0v) is 13.7. The van der Waals surface area contributed by atoms with E-state index in [-0.39, 0.29) is 12.0 Å². The van der Waals surface area contributed by atoms with Crippen molar-refractivity contribution in [2.45, 2.75) is 16.2 Å². The molecular formula is C15H11IO4S. The van der Waals surface area contributed by atoms with Crippen molar-refractivity contribution in [1.29, 1.82) is 0 Å². The van der Waals surface area contributed by atoms with Crippen LogP contribution < -0.4 is 0 Å². The lowest BCUT2D eigenvalue weighted by atomic mass is 10.1. The molecule has 21 heavy (non-hydrogen) atoms. The van der Waals surface area contributed by atoms with Crippen LogP contribution in [0.5, 0.6) is 0 Å². The summed E-state index contributed by atoms with van der Waals surface area (Å²) in [5, 5.41) is 17.7. The Morgan fingerprint density at radius 1 is 1.00 bits per heavy atom. The standard InChI is InChI=1S/C15H11IO4S/c16-13-6-5-12(7-10(13)8-14(17)18)21-11-3-1-9(2-4-11)15(19)20/h1-7H,8H2,(H,17,18)(H,19,20). The summed E-state index contributed by atoms with van der Waals surface area (Å²) in [5.41, 5.74) is 1.02. The third-order valence-corrected chi connectivity index (χ3v) is 4.75. The van der Waals surface area contributed by atoms with Crippen molar-refractivity contribution in [1.82, 2.24) is 0 Å². The van der Waals surface area contributed by atoms with Gasteiger partial charge in [0.1, 0.15) is 0 Å². The van der Waals surface area contributed by atoms with E-state index in [0.717, 1.165) is 18.9 Å². The molecule has 6 heteroatoms. The fourth-order valence-corrected chi connectivity index (χ4v) is 3.12. The minimum absolute atomic E-state index is 0.00930. The van der Waals surface area contributed by atoms with Crippen LogP contribution in [0.15, 0.2) is 52.3 Å². The Morgan fingerprint density at radius 2 is 1.62 bits per heavy atom. The summed E-state index contributed by atoms with van der Waals surface area (Å²) in [4.78, 5) is 23.4. The first-order valence-electron chi connectivity index (χ1n) is 5.97. The van der Waals surface area contributed by atoms with Gasteiger partial charge in [0.2, 0.25) is 0 Å². The molecule has 0 aliphatic heterocycles. The molecule has 0 atom stereocenters. The van der Waals surface area contributed by atoms with Gasteiger partial charge in [-0.3, -0.25) is 4.79 Å². The van der Waals surface area contributed by atoms with Crippen LogP contribution in [0.1, 0.15) is 15.9 Å². The highest BCUT2D eigenvalue weighted by molar-refractivity contribution is 14.1. The number of carboxylic acid groups (broad SMARTS) is 2. The molecule has 0 bridgehead atoms. The van der Waals surface area contributed by atoms with Crippen LogP contribution in [-0.4, -0.2) is 22.2 Å². The van der Waals surface area contributed by atoms with Crippen molar-refractivity contribution in [2.75, 3.05) is 0 Å². The van der Waals surface area contributed by atoms with E-state index in [1.54, 1.807) is 24.3 Å². The highest BCUT2D eigenvalue weighted by Gasteiger charge is 2.08. The van der Waals surface area contributed by atoms with Crippen molar-refractivity contribution in [3.8, 4) is 0 Å². The highest BCUT2D eigenvalue weighted by atomic mass is 127. The number of aliphatic carboxylic acids is 1. The number of benzene rings is 2. The second-order valence-corrected chi connectivity index (χ2v) is 6.56. The maximum Gasteiger partial charge on any atom is 0.335 e. The predicted octanol–water partition coefficient (Wildman–Crippen LogP) is 3.77. The summed E-state index contributed by atoms with van der Waals surface area (Å²) in [7, 11) is 0. The third kappa shape index (κ3) is 4.47. The zero-order chi connectivity index (χ0) is 15.4. The second-order valence-electron chi connectivity index (χ2n) is 4.26. The van der Waals surface area contributed by atoms with Gasteiger partial charge in [-0.1, -0.05) is 11.8 Å². The lowest BCUT2D eigenvalue weighted by Crippen LogP contribution is -2.02. The molecule has 108 valence electrons. The van der Waals surface area contributed by atoms with Gasteiger partial charge in [-0.15, -0.1) is 0 Å². The molecule has 2 aromatic rings. The molecule has 0 saturated heterocycles. The summed E-state index contributed by atoms with van der Waals surface area (Å²) in [6, 6.07) is 12.2. The Balaban J connectivity index is 2.19. The van der Waals surface area contributed by atoms with E-state index in [2.05, 4.69) is 22.6 Å². The van der Waals surface area contributed by atoms with Gasteiger partial charge < -0.3 is 10.2 Å². The summed E-state index contributed by atoms with van der Waals surface area (Å²) in [6.07, 6.45) is -0.00930. The highest BCUT2D eigenvalue weighted by Crippen LogP contribution is 2.30. The van der Waals surface area contributed by atoms with Gasteiger partial charge in [-0.05, 0) is 70.6 Å². The maximum atomic E-state index is 10.8. The second kappa shape index (κ2) is 6.95. The Hall–Kier alpha value is -1.54. The summed E-state index contributed by atoms with van der Waals surface area (Å²) >= 11 is 3.58. The molecule has 0 amide bonds. The van der Waals surface area contributed by atoms with Crippen LogP contribution in [0.4, 0.5) is 0 Å². The number of rotatable bonds is 5. The van der Waals surface area contributed by atoms with Crippen LogP contribution in [0.25, 0.3) is 0 Å². The smallest absolute Gasteiger partial charge is 0.335 e. The van der Waals surface area contributed by atoms with Gasteiger partial charge in [0.15, 0.2) is 0 Å². The van der Waals surface area contributed by atoms with Crippen LogP contribution in [0.2, 0.25) is 0 Å². The lowest BCUT2D eigenvalue weighted by molar-refractivity contribution is -0.136. The number of halogens is 1. The normalized spacial score (nSPS) is 10.3. The molecule has 0 radical (unpaired) electrons. The van der Waals surface area contributed by atoms with Crippen molar-refractivity contribution in [3.05, 3.63) is 57.2 Å². The van der Waals surface area contributed by atoms with Gasteiger partial charge in [0.05, 0.1) is 12.0 Å². The first-order valence-corrected chi connectivity index (χ1v) is 7.86. The number of aromatic carboxylic acids is 1. The molecule has 0 aromatic heterocycles. The molecule has 0 aliphatic rings. The fourth-order valence-electron chi connectivity index (χ4n) is 1.71. The van der Waals surface area contributed by atoms with Crippen molar-refractivity contribution < 1.29 is 19.8 Å². The first-order chi connectivity index (χ1) is 9.95. The van der Waals surface area contributed by atoms with Crippen LogP contribution >= 0.6 is 34.4 Å². The van der Waals surface area contributed by atoms with Crippen molar-refractivity contribution in [2.24, 2.45) is 0 Å². The molecule has 0 saturated carbocycles. The Labute approximate surface area is 139 Å². The summed E-state index contributed by atoms with van der Waals surface area (Å²) in [5.74, 6) is -1.81. The average molecular weight is 414 g/mol. The maximum absolute atomic E-state index is 10.8. The molecule has 4 nitrogen and oxygen atoms in total. The Bertz CT molecular complexity index is 683. The van der Waals surface area contributed by atoms with E-state index in [4.69, 9.17) is 10.2 Å². The van der Waals surface area contributed by atoms with Crippen LogP contribution in [-0.2, 0) is 11.2 Å². The fraction of sp³-hybridized carbons (Fsp3) is 0.0667. The lowest BCUT2D eigenvalue weighted by Gasteiger charge is -2.06. The first kappa shape index (κ1) is 15.8. The van der Waals surface area contributed by atoms with E-state index in [1.165, 1.54) is 11.8 Å². The zero-order valence-electron chi connectivity index (χ0n) is 10.7. The minimum Gasteiger partial charge on any atom is -0.481 e. The molecule has 0 aliphatic carbocycles. The Kier molecular flexibility index (Phi) is 5.24. The summed E-state index contributed by atoms with van der Waals surface area (Å²) < 4.78 is 0.917. The molecule has 2 rings (SSSR count). The van der Waals surface area contributed by atoms with Crippen molar-refractivity contribution in [3.63, 3.8) is 0 Å². The molecule has 0 spiro atoms. The molecule has 0 fully saturated rings. The largest absolute Gasteiger partial charge is 0.481 e. The van der Waals surface area contributed by atoms with E-state index in [1.807, 2.05) is 18.2 Å². The SMILES string of the molecule is O=C(O)Cc1cc(Sc2ccc(C(=O)O)cc2)ccc1I. The van der Waals surface area contributed by atoms with E-state index in [0.29, 0.717) is 0 Å². The third-order valence-electron chi connectivity index (χ3n) is 2.70. The molecule has 0 unspecified atom stereocenters. The molecule has 2 aromatic carbocycles. The van der Waals surface area contributed by atoms with Gasteiger partial charge in [0, 0.05) is 13.4 Å². The van der Waals surface area contributed by atoms with Gasteiger partial charge >= 0.3 is 11.9 Å². The average Bonchev–Trinajstić information content (AvgIpc) is 2.42. The van der Waals surface area contributed by atoms with Crippen molar-refractivity contribution >= 4 is 46.3 Å². The summed E-state index contributed by atoms with van der Waals surface area (Å²) in [6.45, 7) is 0. The topological polar surface area (TPSA) is 74.6 Å². The molecule has 2 N–H and O–H groups in total. The number of hydrogen-bond donors (Lipinski definition) is 2. The van der Waals surface area contributed by atoms with Gasteiger partial charge in [-0.25, -0.2) is 4.79 Å². The van der Waals surface area contributed by atoms with E-state index < -0.39 is 11.9 Å². The quantitative estimate of drug-likeness (QED) is 0.729. The van der Waals surface area contributed by atoms with Crippen LogP contribution in [0, 0.1) is 3.57 Å². The predicted molar refractivity (Wildman–Crippen MR) is 88.0 cm³/mol. The molecule has 0 heterocycles. The van der Waals surface area contributed by atoms with E-state index in [9.17, 15) is 9.59 Å². The number of carbonyl (C=O) groups is 2. The van der Waals surface area contributed by atoms with E-state index >= 15 is 0 Å². The number of carboxylic acids is 2. The minimum atomic E-state index is -0.954. The van der Waals surface area contributed by atoms with Gasteiger partial charge in [-0.2, -0.15) is 0 Å². The van der Waals surface area contributed by atoms with Crippen LogP contribution in [0.3, 0.4) is 0 Å². The Morgan fingerprint density at radius 3 is 2.19 bits per heavy atom. The number of hydrogen-bond acceptors (Lipinski definition) is 3. The van der Waals surface area contributed by atoms with Gasteiger partial charge in [0.25, 0.3) is 0 Å². The molecular weight excluding hydrogens is 403 g/mol.